The molecule has 1 aliphatic rings. The molecule has 0 saturated carbocycles. The van der Waals surface area contributed by atoms with Gasteiger partial charge in [-0.1, -0.05) is 0 Å². The Kier molecular flexibility index (Phi) is 4.39. The summed E-state index contributed by atoms with van der Waals surface area (Å²) in [5.74, 6) is -0.0126. The molecule has 2 amide bonds. The fraction of sp³-hybridized carbons (Fsp3) is 0.778. The number of nitrogens with zero attached hydrogens (tertiary/aromatic N) is 1. The molecule has 0 aromatic rings. The highest BCUT2D eigenvalue weighted by atomic mass is 16.2. The van der Waals surface area contributed by atoms with Crippen molar-refractivity contribution in [1.29, 1.82) is 0 Å². The number of carbonyl (C=O) groups excluding carboxylic acids is 2. The van der Waals surface area contributed by atoms with E-state index in [0.29, 0.717) is 13.0 Å². The SMILES string of the molecule is CNCCCN1CCC(=O)NCC1=O. The zero-order valence-electron chi connectivity index (χ0n) is 8.51. The largest absolute Gasteiger partial charge is 0.347 e. The van der Waals surface area contributed by atoms with Gasteiger partial charge in [0.25, 0.3) is 0 Å². The van der Waals surface area contributed by atoms with Crippen LogP contribution in [0.25, 0.3) is 0 Å². The predicted octanol–water partition coefficient (Wildman–Crippen LogP) is -1.06. The first kappa shape index (κ1) is 11.0. The van der Waals surface area contributed by atoms with Gasteiger partial charge in [-0.3, -0.25) is 9.59 Å². The summed E-state index contributed by atoms with van der Waals surface area (Å²) < 4.78 is 0. The lowest BCUT2D eigenvalue weighted by Crippen LogP contribution is -2.36. The van der Waals surface area contributed by atoms with Gasteiger partial charge in [-0.15, -0.1) is 0 Å². The molecule has 0 bridgehead atoms. The van der Waals surface area contributed by atoms with Gasteiger partial charge >= 0.3 is 0 Å². The van der Waals surface area contributed by atoms with E-state index in [4.69, 9.17) is 0 Å². The van der Waals surface area contributed by atoms with Gasteiger partial charge in [0.15, 0.2) is 0 Å². The van der Waals surface area contributed by atoms with Crippen molar-refractivity contribution in [3.05, 3.63) is 0 Å². The van der Waals surface area contributed by atoms with Crippen LogP contribution < -0.4 is 10.6 Å². The van der Waals surface area contributed by atoms with Crippen molar-refractivity contribution in [3.63, 3.8) is 0 Å². The van der Waals surface area contributed by atoms with Crippen LogP contribution in [0.2, 0.25) is 0 Å². The third-order valence-corrected chi connectivity index (χ3v) is 2.25. The number of hydrogen-bond acceptors (Lipinski definition) is 3. The Balaban J connectivity index is 2.34. The molecule has 0 radical (unpaired) electrons. The summed E-state index contributed by atoms with van der Waals surface area (Å²) in [6.07, 6.45) is 1.35. The molecule has 0 spiro atoms. The van der Waals surface area contributed by atoms with Gasteiger partial charge in [0.2, 0.25) is 11.8 Å². The second-order valence-corrected chi connectivity index (χ2v) is 3.36. The van der Waals surface area contributed by atoms with Crippen LogP contribution in [0, 0.1) is 0 Å². The van der Waals surface area contributed by atoms with E-state index < -0.39 is 0 Å². The summed E-state index contributed by atoms with van der Waals surface area (Å²) in [4.78, 5) is 24.2. The van der Waals surface area contributed by atoms with Gasteiger partial charge in [-0.05, 0) is 20.0 Å². The molecule has 0 aromatic carbocycles. The fourth-order valence-electron chi connectivity index (χ4n) is 1.42. The molecule has 1 heterocycles. The van der Waals surface area contributed by atoms with Gasteiger partial charge in [0, 0.05) is 19.5 Å². The van der Waals surface area contributed by atoms with E-state index in [-0.39, 0.29) is 18.4 Å². The molecule has 2 N–H and O–H groups in total. The quantitative estimate of drug-likeness (QED) is 0.568. The summed E-state index contributed by atoms with van der Waals surface area (Å²) in [5, 5.41) is 5.59. The average molecular weight is 199 g/mol. The van der Waals surface area contributed by atoms with Gasteiger partial charge in [0.05, 0.1) is 6.54 Å². The van der Waals surface area contributed by atoms with E-state index in [1.807, 2.05) is 7.05 Å². The molecule has 14 heavy (non-hydrogen) atoms. The highest BCUT2D eigenvalue weighted by Gasteiger charge is 2.18. The van der Waals surface area contributed by atoms with Crippen LogP contribution in [0.1, 0.15) is 12.8 Å². The van der Waals surface area contributed by atoms with E-state index in [0.717, 1.165) is 19.5 Å². The minimum atomic E-state index is -0.0329. The highest BCUT2D eigenvalue weighted by Crippen LogP contribution is 1.98. The first-order chi connectivity index (χ1) is 6.74. The Labute approximate surface area is 83.8 Å². The molecule has 1 aliphatic heterocycles. The molecule has 0 atom stereocenters. The van der Waals surface area contributed by atoms with E-state index in [9.17, 15) is 9.59 Å². The monoisotopic (exact) mass is 199 g/mol. The van der Waals surface area contributed by atoms with Crippen LogP contribution in [-0.4, -0.2) is 49.9 Å². The van der Waals surface area contributed by atoms with E-state index in [1.54, 1.807) is 4.90 Å². The van der Waals surface area contributed by atoms with Gasteiger partial charge in [-0.2, -0.15) is 0 Å². The van der Waals surface area contributed by atoms with Crippen molar-refractivity contribution >= 4 is 11.8 Å². The van der Waals surface area contributed by atoms with Crippen molar-refractivity contribution in [2.24, 2.45) is 0 Å². The minimum absolute atomic E-state index is 0.0203. The van der Waals surface area contributed by atoms with Crippen molar-refractivity contribution < 1.29 is 9.59 Å². The molecule has 1 saturated heterocycles. The maximum absolute atomic E-state index is 11.4. The second kappa shape index (κ2) is 5.59. The normalized spacial score (nSPS) is 17.9. The topological polar surface area (TPSA) is 61.4 Å². The number of rotatable bonds is 4. The number of nitrogens with one attached hydrogen (secondary N) is 2. The van der Waals surface area contributed by atoms with Crippen LogP contribution in [-0.2, 0) is 9.59 Å². The fourth-order valence-corrected chi connectivity index (χ4v) is 1.42. The van der Waals surface area contributed by atoms with Crippen LogP contribution in [0.5, 0.6) is 0 Å². The third kappa shape index (κ3) is 3.33. The van der Waals surface area contributed by atoms with Crippen LogP contribution in [0.15, 0.2) is 0 Å². The molecule has 5 heteroatoms. The minimum Gasteiger partial charge on any atom is -0.347 e. The van der Waals surface area contributed by atoms with Gasteiger partial charge < -0.3 is 15.5 Å². The molecule has 0 aromatic heterocycles. The Bertz CT molecular complexity index is 218. The Morgan fingerprint density at radius 1 is 1.50 bits per heavy atom. The summed E-state index contributed by atoms with van der Waals surface area (Å²) in [6.45, 7) is 2.33. The molecular weight excluding hydrogens is 182 g/mol. The zero-order chi connectivity index (χ0) is 10.4. The van der Waals surface area contributed by atoms with E-state index in [1.165, 1.54) is 0 Å². The van der Waals surface area contributed by atoms with Crippen molar-refractivity contribution in [3.8, 4) is 0 Å². The van der Waals surface area contributed by atoms with Crippen molar-refractivity contribution in [2.75, 3.05) is 33.2 Å². The lowest BCUT2D eigenvalue weighted by Gasteiger charge is -2.19. The Morgan fingerprint density at radius 3 is 3.00 bits per heavy atom. The summed E-state index contributed by atoms with van der Waals surface area (Å²) in [5.41, 5.74) is 0. The zero-order valence-corrected chi connectivity index (χ0v) is 8.51. The summed E-state index contributed by atoms with van der Waals surface area (Å²) in [6, 6.07) is 0. The third-order valence-electron chi connectivity index (χ3n) is 2.25. The molecule has 0 unspecified atom stereocenters. The van der Waals surface area contributed by atoms with Crippen LogP contribution >= 0.6 is 0 Å². The second-order valence-electron chi connectivity index (χ2n) is 3.36. The van der Waals surface area contributed by atoms with Gasteiger partial charge in [-0.25, -0.2) is 0 Å². The molecule has 5 nitrogen and oxygen atoms in total. The highest BCUT2D eigenvalue weighted by molar-refractivity contribution is 5.87. The van der Waals surface area contributed by atoms with E-state index in [2.05, 4.69) is 10.6 Å². The number of amides is 2. The molecule has 1 fully saturated rings. The number of hydrogen-bond donors (Lipinski definition) is 2. The standard InChI is InChI=1S/C9H17N3O2/c1-10-4-2-5-12-6-3-8(13)11-7-9(12)14/h10H,2-7H2,1H3,(H,11,13). The van der Waals surface area contributed by atoms with E-state index >= 15 is 0 Å². The first-order valence-electron chi connectivity index (χ1n) is 4.93. The van der Waals surface area contributed by atoms with Crippen LogP contribution in [0.4, 0.5) is 0 Å². The van der Waals surface area contributed by atoms with Crippen LogP contribution in [0.3, 0.4) is 0 Å². The Morgan fingerprint density at radius 2 is 2.29 bits per heavy atom. The van der Waals surface area contributed by atoms with Crippen molar-refractivity contribution in [2.45, 2.75) is 12.8 Å². The first-order valence-corrected chi connectivity index (χ1v) is 4.93. The summed E-state index contributed by atoms with van der Waals surface area (Å²) in [7, 11) is 1.88. The lowest BCUT2D eigenvalue weighted by atomic mass is 10.3. The maximum atomic E-state index is 11.4. The maximum Gasteiger partial charge on any atom is 0.241 e. The number of carbonyl (C=O) groups is 2. The predicted molar refractivity (Wildman–Crippen MR) is 52.8 cm³/mol. The lowest BCUT2D eigenvalue weighted by molar-refractivity contribution is -0.130. The molecule has 1 rings (SSSR count). The smallest absolute Gasteiger partial charge is 0.241 e. The van der Waals surface area contributed by atoms with Crippen molar-refractivity contribution in [1.82, 2.24) is 15.5 Å². The van der Waals surface area contributed by atoms with Gasteiger partial charge in [0.1, 0.15) is 0 Å². The molecule has 80 valence electrons. The Hall–Kier alpha value is -1.10. The summed E-state index contributed by atoms with van der Waals surface area (Å²) >= 11 is 0. The molecular formula is C9H17N3O2. The molecule has 0 aliphatic carbocycles. The average Bonchev–Trinajstić information content (AvgIpc) is 2.33.